The Labute approximate surface area is 87.6 Å². The van der Waals surface area contributed by atoms with Crippen LogP contribution in [0, 0.1) is 5.41 Å². The lowest BCUT2D eigenvalue weighted by Crippen LogP contribution is -2.50. The number of ether oxygens (including phenoxy) is 1. The molecular formula is C11H24N2O. The first-order chi connectivity index (χ1) is 6.59. The van der Waals surface area contributed by atoms with Crippen LogP contribution in [0.3, 0.4) is 0 Å². The zero-order valence-corrected chi connectivity index (χ0v) is 9.75. The fourth-order valence-corrected chi connectivity index (χ4v) is 2.30. The molecule has 0 amide bonds. The van der Waals surface area contributed by atoms with Crippen molar-refractivity contribution < 1.29 is 4.74 Å². The van der Waals surface area contributed by atoms with E-state index in [4.69, 9.17) is 10.5 Å². The average Bonchev–Trinajstić information content (AvgIpc) is 2.12. The number of nitrogens with two attached hydrogens (primary N) is 1. The van der Waals surface area contributed by atoms with Gasteiger partial charge in [-0.1, -0.05) is 13.8 Å². The van der Waals surface area contributed by atoms with Gasteiger partial charge in [-0.05, 0) is 24.8 Å². The van der Waals surface area contributed by atoms with Crippen LogP contribution in [0.25, 0.3) is 0 Å². The maximum atomic E-state index is 5.76. The third-order valence-electron chi connectivity index (χ3n) is 3.08. The molecule has 3 heteroatoms. The minimum Gasteiger partial charge on any atom is -0.383 e. The quantitative estimate of drug-likeness (QED) is 0.738. The summed E-state index contributed by atoms with van der Waals surface area (Å²) in [5.41, 5.74) is 6.20. The van der Waals surface area contributed by atoms with Crippen LogP contribution in [0.5, 0.6) is 0 Å². The van der Waals surface area contributed by atoms with Crippen molar-refractivity contribution >= 4 is 0 Å². The molecule has 84 valence electrons. The van der Waals surface area contributed by atoms with Gasteiger partial charge < -0.3 is 10.5 Å². The van der Waals surface area contributed by atoms with Crippen LogP contribution in [0.4, 0.5) is 0 Å². The van der Waals surface area contributed by atoms with E-state index in [1.807, 2.05) is 0 Å². The highest BCUT2D eigenvalue weighted by Gasteiger charge is 2.29. The first-order valence-electron chi connectivity index (χ1n) is 5.52. The van der Waals surface area contributed by atoms with E-state index in [0.717, 1.165) is 13.2 Å². The van der Waals surface area contributed by atoms with Crippen LogP contribution in [-0.2, 0) is 4.74 Å². The third kappa shape index (κ3) is 3.23. The normalized spacial score (nSPS) is 24.9. The molecule has 3 nitrogen and oxygen atoms in total. The van der Waals surface area contributed by atoms with Gasteiger partial charge in [-0.3, -0.25) is 4.90 Å². The van der Waals surface area contributed by atoms with Crippen LogP contribution >= 0.6 is 0 Å². The fraction of sp³-hybridized carbons (Fsp3) is 1.00. The Morgan fingerprint density at radius 2 is 2.21 bits per heavy atom. The number of piperidine rings is 1. The van der Waals surface area contributed by atoms with E-state index in [-0.39, 0.29) is 0 Å². The van der Waals surface area contributed by atoms with Crippen LogP contribution in [0.1, 0.15) is 26.7 Å². The molecule has 1 aliphatic heterocycles. The first kappa shape index (κ1) is 12.0. The summed E-state index contributed by atoms with van der Waals surface area (Å²) in [6.45, 7) is 8.45. The maximum absolute atomic E-state index is 5.76. The predicted octanol–water partition coefficient (Wildman–Crippen LogP) is 1.08. The molecule has 0 aromatic carbocycles. The van der Waals surface area contributed by atoms with Gasteiger partial charge in [0.1, 0.15) is 0 Å². The van der Waals surface area contributed by atoms with Crippen molar-refractivity contribution in [1.82, 2.24) is 4.90 Å². The van der Waals surface area contributed by atoms with Gasteiger partial charge in [0.15, 0.2) is 0 Å². The standard InChI is InChI=1S/C11H24N2O/c1-11(2)5-4-6-13(9-11)10(7-12)8-14-3/h10H,4-9,12H2,1-3H3. The lowest BCUT2D eigenvalue weighted by molar-refractivity contribution is 0.0392. The van der Waals surface area contributed by atoms with Gasteiger partial charge in [0, 0.05) is 26.2 Å². The van der Waals surface area contributed by atoms with E-state index in [0.29, 0.717) is 18.0 Å². The largest absolute Gasteiger partial charge is 0.383 e. The van der Waals surface area contributed by atoms with Gasteiger partial charge in [0.05, 0.1) is 6.61 Å². The topological polar surface area (TPSA) is 38.5 Å². The van der Waals surface area contributed by atoms with Gasteiger partial charge in [-0.2, -0.15) is 0 Å². The van der Waals surface area contributed by atoms with Crippen LogP contribution in [-0.4, -0.2) is 44.3 Å². The summed E-state index contributed by atoms with van der Waals surface area (Å²) < 4.78 is 5.19. The minimum absolute atomic E-state index is 0.402. The zero-order valence-electron chi connectivity index (χ0n) is 9.75. The Bertz CT molecular complexity index is 171. The molecule has 1 fully saturated rings. The van der Waals surface area contributed by atoms with Crippen molar-refractivity contribution in [1.29, 1.82) is 0 Å². The molecule has 1 rings (SSSR count). The molecule has 0 aliphatic carbocycles. The van der Waals surface area contributed by atoms with Crippen molar-refractivity contribution in [2.24, 2.45) is 11.1 Å². The summed E-state index contributed by atoms with van der Waals surface area (Å²) in [6, 6.07) is 0.402. The van der Waals surface area contributed by atoms with Crippen molar-refractivity contribution in [3.05, 3.63) is 0 Å². The second-order valence-electron chi connectivity index (χ2n) is 5.08. The fourth-order valence-electron chi connectivity index (χ4n) is 2.30. The average molecular weight is 200 g/mol. The summed E-state index contributed by atoms with van der Waals surface area (Å²) >= 11 is 0. The van der Waals surface area contributed by atoms with Gasteiger partial charge in [0.2, 0.25) is 0 Å². The number of hydrogen-bond acceptors (Lipinski definition) is 3. The van der Waals surface area contributed by atoms with E-state index in [1.165, 1.54) is 19.4 Å². The SMILES string of the molecule is COCC(CN)N1CCCC(C)(C)C1. The Hall–Kier alpha value is -0.120. The van der Waals surface area contributed by atoms with Crippen molar-refractivity contribution in [2.75, 3.05) is 33.4 Å². The molecule has 0 radical (unpaired) electrons. The highest BCUT2D eigenvalue weighted by atomic mass is 16.5. The summed E-state index contributed by atoms with van der Waals surface area (Å²) in [7, 11) is 1.75. The van der Waals surface area contributed by atoms with Crippen molar-refractivity contribution in [2.45, 2.75) is 32.7 Å². The van der Waals surface area contributed by atoms with Gasteiger partial charge in [0.25, 0.3) is 0 Å². The Morgan fingerprint density at radius 3 is 2.71 bits per heavy atom. The number of rotatable bonds is 4. The Morgan fingerprint density at radius 1 is 1.50 bits per heavy atom. The molecule has 1 aliphatic rings. The lowest BCUT2D eigenvalue weighted by atomic mass is 9.83. The van der Waals surface area contributed by atoms with Crippen molar-refractivity contribution in [3.63, 3.8) is 0 Å². The molecule has 0 spiro atoms. The second-order valence-corrected chi connectivity index (χ2v) is 5.08. The van der Waals surface area contributed by atoms with E-state index in [9.17, 15) is 0 Å². The Kier molecular flexibility index (Phi) is 4.35. The molecular weight excluding hydrogens is 176 g/mol. The molecule has 1 saturated heterocycles. The molecule has 0 aromatic heterocycles. The van der Waals surface area contributed by atoms with Gasteiger partial charge >= 0.3 is 0 Å². The monoisotopic (exact) mass is 200 g/mol. The lowest BCUT2D eigenvalue weighted by Gasteiger charge is -2.41. The maximum Gasteiger partial charge on any atom is 0.0630 e. The highest BCUT2D eigenvalue weighted by Crippen LogP contribution is 2.29. The van der Waals surface area contributed by atoms with Crippen LogP contribution in [0.15, 0.2) is 0 Å². The number of methoxy groups -OCH3 is 1. The van der Waals surface area contributed by atoms with E-state index in [2.05, 4.69) is 18.7 Å². The molecule has 1 atom stereocenters. The second kappa shape index (κ2) is 5.10. The summed E-state index contributed by atoms with van der Waals surface area (Å²) in [5, 5.41) is 0. The molecule has 1 unspecified atom stereocenters. The van der Waals surface area contributed by atoms with Crippen LogP contribution < -0.4 is 5.73 Å². The zero-order chi connectivity index (χ0) is 10.6. The van der Waals surface area contributed by atoms with E-state index >= 15 is 0 Å². The van der Waals surface area contributed by atoms with E-state index in [1.54, 1.807) is 7.11 Å². The van der Waals surface area contributed by atoms with E-state index < -0.39 is 0 Å². The molecule has 2 N–H and O–H groups in total. The summed E-state index contributed by atoms with van der Waals surface area (Å²) in [5.74, 6) is 0. The molecule has 14 heavy (non-hydrogen) atoms. The predicted molar refractivity (Wildman–Crippen MR) is 59.3 cm³/mol. The van der Waals surface area contributed by atoms with Crippen LogP contribution in [0.2, 0.25) is 0 Å². The number of likely N-dealkylation sites (tertiary alicyclic amines) is 1. The van der Waals surface area contributed by atoms with Gasteiger partial charge in [-0.25, -0.2) is 0 Å². The molecule has 0 saturated carbocycles. The summed E-state index contributed by atoms with van der Waals surface area (Å²) in [6.07, 6.45) is 2.61. The van der Waals surface area contributed by atoms with Gasteiger partial charge in [-0.15, -0.1) is 0 Å². The third-order valence-corrected chi connectivity index (χ3v) is 3.08. The molecule has 0 bridgehead atoms. The molecule has 0 aromatic rings. The smallest absolute Gasteiger partial charge is 0.0630 e. The minimum atomic E-state index is 0.402. The Balaban J connectivity index is 2.49. The number of hydrogen-bond donors (Lipinski definition) is 1. The highest BCUT2D eigenvalue weighted by molar-refractivity contribution is 4.84. The first-order valence-corrected chi connectivity index (χ1v) is 5.52. The summed E-state index contributed by atoms with van der Waals surface area (Å²) in [4.78, 5) is 2.48. The molecule has 1 heterocycles. The van der Waals surface area contributed by atoms with Crippen molar-refractivity contribution in [3.8, 4) is 0 Å². The number of nitrogens with zero attached hydrogens (tertiary/aromatic N) is 1.